The molecule has 0 aromatic carbocycles. The summed E-state index contributed by atoms with van der Waals surface area (Å²) >= 11 is 0. The third kappa shape index (κ3) is 6.86. The maximum atomic E-state index is 11.3. The molecule has 4 heteroatoms. The van der Waals surface area contributed by atoms with Crippen LogP contribution in [0.1, 0.15) is 33.6 Å². The molecule has 0 saturated carbocycles. The summed E-state index contributed by atoms with van der Waals surface area (Å²) in [6.45, 7) is 5.95. The van der Waals surface area contributed by atoms with Gasteiger partial charge in [-0.15, -0.1) is 0 Å². The fourth-order valence-corrected chi connectivity index (χ4v) is 1.05. The zero-order valence-electron chi connectivity index (χ0n) is 9.25. The molecule has 0 aliphatic heterocycles. The number of hydrogen-bond donors (Lipinski definition) is 2. The predicted molar refractivity (Wildman–Crippen MR) is 55.0 cm³/mol. The Bertz CT molecular complexity index is 159. The van der Waals surface area contributed by atoms with Gasteiger partial charge in [-0.05, 0) is 26.7 Å². The Kier molecular flexibility index (Phi) is 7.42. The molecule has 0 aliphatic carbocycles. The third-order valence-corrected chi connectivity index (χ3v) is 1.88. The molecule has 2 N–H and O–H groups in total. The largest absolute Gasteiger partial charge is 0.396 e. The Morgan fingerprint density at radius 2 is 2.14 bits per heavy atom. The topological polar surface area (TPSA) is 58.6 Å². The summed E-state index contributed by atoms with van der Waals surface area (Å²) < 4.78 is 5.15. The van der Waals surface area contributed by atoms with Crippen molar-refractivity contribution in [1.82, 2.24) is 5.32 Å². The summed E-state index contributed by atoms with van der Waals surface area (Å²) in [7, 11) is 0. The van der Waals surface area contributed by atoms with Crippen molar-refractivity contribution in [3.05, 3.63) is 0 Å². The first-order valence-electron chi connectivity index (χ1n) is 5.12. The van der Waals surface area contributed by atoms with Crippen LogP contribution in [0.3, 0.4) is 0 Å². The van der Waals surface area contributed by atoms with Crippen LogP contribution >= 0.6 is 0 Å². The van der Waals surface area contributed by atoms with Gasteiger partial charge in [0.25, 0.3) is 0 Å². The molecule has 0 rings (SSSR count). The van der Waals surface area contributed by atoms with E-state index in [1.54, 1.807) is 0 Å². The zero-order chi connectivity index (χ0) is 11.0. The van der Waals surface area contributed by atoms with E-state index >= 15 is 0 Å². The van der Waals surface area contributed by atoms with Crippen molar-refractivity contribution in [3.8, 4) is 0 Å². The quantitative estimate of drug-likeness (QED) is 0.640. The molecule has 0 fully saturated rings. The Morgan fingerprint density at radius 1 is 1.50 bits per heavy atom. The van der Waals surface area contributed by atoms with E-state index in [-0.39, 0.29) is 31.3 Å². The highest BCUT2D eigenvalue weighted by atomic mass is 16.5. The fourth-order valence-electron chi connectivity index (χ4n) is 1.05. The van der Waals surface area contributed by atoms with Crippen molar-refractivity contribution in [2.75, 3.05) is 13.2 Å². The predicted octanol–water partition coefficient (Wildman–Crippen LogP) is 0.689. The monoisotopic (exact) mass is 203 g/mol. The van der Waals surface area contributed by atoms with Crippen LogP contribution in [0.4, 0.5) is 0 Å². The molecule has 1 atom stereocenters. The second-order valence-corrected chi connectivity index (χ2v) is 3.54. The van der Waals surface area contributed by atoms with E-state index in [1.165, 1.54) is 0 Å². The van der Waals surface area contributed by atoms with Crippen molar-refractivity contribution in [1.29, 1.82) is 0 Å². The molecular formula is C10H21NO3. The minimum atomic E-state index is -0.112. The number of rotatable bonds is 7. The third-order valence-electron chi connectivity index (χ3n) is 1.88. The lowest BCUT2D eigenvalue weighted by atomic mass is 10.1. The number of carbonyl (C=O) groups is 1. The summed E-state index contributed by atoms with van der Waals surface area (Å²) in [5.41, 5.74) is 0. The molecule has 0 aromatic heterocycles. The van der Waals surface area contributed by atoms with Gasteiger partial charge in [0.15, 0.2) is 0 Å². The van der Waals surface area contributed by atoms with Crippen molar-refractivity contribution >= 4 is 5.91 Å². The normalized spacial score (nSPS) is 12.9. The molecule has 0 aliphatic rings. The van der Waals surface area contributed by atoms with Gasteiger partial charge in [0.2, 0.25) is 5.91 Å². The van der Waals surface area contributed by atoms with Gasteiger partial charge in [-0.2, -0.15) is 0 Å². The maximum absolute atomic E-state index is 11.3. The first-order chi connectivity index (χ1) is 6.60. The van der Waals surface area contributed by atoms with Gasteiger partial charge < -0.3 is 15.2 Å². The molecular weight excluding hydrogens is 182 g/mol. The van der Waals surface area contributed by atoms with Crippen molar-refractivity contribution in [2.45, 2.75) is 45.8 Å². The molecule has 14 heavy (non-hydrogen) atoms. The van der Waals surface area contributed by atoms with Crippen LogP contribution in [-0.4, -0.2) is 36.4 Å². The van der Waals surface area contributed by atoms with Crippen LogP contribution in [0.15, 0.2) is 0 Å². The smallest absolute Gasteiger partial charge is 0.246 e. The van der Waals surface area contributed by atoms with E-state index in [2.05, 4.69) is 5.32 Å². The number of hydrogen-bond acceptors (Lipinski definition) is 3. The van der Waals surface area contributed by atoms with Crippen LogP contribution in [0.2, 0.25) is 0 Å². The minimum absolute atomic E-state index is 0.0586. The van der Waals surface area contributed by atoms with Crippen LogP contribution < -0.4 is 5.32 Å². The lowest BCUT2D eigenvalue weighted by Crippen LogP contribution is -2.37. The Hall–Kier alpha value is -0.610. The number of aliphatic hydroxyl groups excluding tert-OH is 1. The molecule has 4 nitrogen and oxygen atoms in total. The molecule has 0 spiro atoms. The summed E-state index contributed by atoms with van der Waals surface area (Å²) in [5, 5.41) is 11.5. The number of aliphatic hydroxyl groups is 1. The van der Waals surface area contributed by atoms with Crippen LogP contribution in [0.5, 0.6) is 0 Å². The highest BCUT2D eigenvalue weighted by molar-refractivity contribution is 5.77. The second-order valence-electron chi connectivity index (χ2n) is 3.54. The first-order valence-corrected chi connectivity index (χ1v) is 5.12. The molecule has 0 radical (unpaired) electrons. The summed E-state index contributed by atoms with van der Waals surface area (Å²) in [6.07, 6.45) is 1.50. The fraction of sp³-hybridized carbons (Fsp3) is 0.900. The SMILES string of the molecule is CCC(CCO)NC(=O)COC(C)C. The maximum Gasteiger partial charge on any atom is 0.246 e. The lowest BCUT2D eigenvalue weighted by molar-refractivity contribution is -0.127. The highest BCUT2D eigenvalue weighted by Crippen LogP contribution is 1.96. The van der Waals surface area contributed by atoms with Crippen LogP contribution in [-0.2, 0) is 9.53 Å². The van der Waals surface area contributed by atoms with Gasteiger partial charge in [0, 0.05) is 12.6 Å². The molecule has 0 aromatic rings. The molecule has 0 bridgehead atoms. The van der Waals surface area contributed by atoms with Gasteiger partial charge in [-0.3, -0.25) is 4.79 Å². The average Bonchev–Trinajstić information content (AvgIpc) is 2.14. The van der Waals surface area contributed by atoms with Crippen molar-refractivity contribution < 1.29 is 14.6 Å². The van der Waals surface area contributed by atoms with Gasteiger partial charge in [-0.1, -0.05) is 6.92 Å². The van der Waals surface area contributed by atoms with E-state index in [4.69, 9.17) is 9.84 Å². The molecule has 84 valence electrons. The Balaban J connectivity index is 3.67. The van der Waals surface area contributed by atoms with E-state index < -0.39 is 0 Å². The lowest BCUT2D eigenvalue weighted by Gasteiger charge is -2.16. The molecule has 1 amide bonds. The summed E-state index contributed by atoms with van der Waals surface area (Å²) in [4.78, 5) is 11.3. The van der Waals surface area contributed by atoms with Gasteiger partial charge >= 0.3 is 0 Å². The van der Waals surface area contributed by atoms with Gasteiger partial charge in [0.1, 0.15) is 6.61 Å². The molecule has 0 saturated heterocycles. The summed E-state index contributed by atoms with van der Waals surface area (Å²) in [5.74, 6) is -0.112. The number of amides is 1. The van der Waals surface area contributed by atoms with E-state index in [0.717, 1.165) is 6.42 Å². The van der Waals surface area contributed by atoms with Crippen LogP contribution in [0, 0.1) is 0 Å². The van der Waals surface area contributed by atoms with Crippen molar-refractivity contribution in [2.24, 2.45) is 0 Å². The van der Waals surface area contributed by atoms with E-state index in [0.29, 0.717) is 6.42 Å². The first kappa shape index (κ1) is 13.4. The number of ether oxygens (including phenoxy) is 1. The zero-order valence-corrected chi connectivity index (χ0v) is 9.25. The molecule has 1 unspecified atom stereocenters. The average molecular weight is 203 g/mol. The van der Waals surface area contributed by atoms with E-state index in [9.17, 15) is 4.79 Å². The van der Waals surface area contributed by atoms with E-state index in [1.807, 2.05) is 20.8 Å². The Labute approximate surface area is 85.6 Å². The van der Waals surface area contributed by atoms with Crippen LogP contribution in [0.25, 0.3) is 0 Å². The standard InChI is InChI=1S/C10H21NO3/c1-4-9(5-6-12)11-10(13)7-14-8(2)3/h8-9,12H,4-7H2,1-3H3,(H,11,13). The van der Waals surface area contributed by atoms with Gasteiger partial charge in [-0.25, -0.2) is 0 Å². The number of nitrogens with one attached hydrogen (secondary N) is 1. The Morgan fingerprint density at radius 3 is 2.57 bits per heavy atom. The highest BCUT2D eigenvalue weighted by Gasteiger charge is 2.09. The second kappa shape index (κ2) is 7.76. The number of carbonyl (C=O) groups excluding carboxylic acids is 1. The van der Waals surface area contributed by atoms with Gasteiger partial charge in [0.05, 0.1) is 6.10 Å². The minimum Gasteiger partial charge on any atom is -0.396 e. The molecule has 0 heterocycles. The van der Waals surface area contributed by atoms with Crippen molar-refractivity contribution in [3.63, 3.8) is 0 Å². The summed E-state index contributed by atoms with van der Waals surface area (Å²) in [6, 6.07) is 0.0586.